The molecule has 1 saturated carbocycles. The molecular weight excluding hydrogens is 443 g/mol. The van der Waals surface area contributed by atoms with Crippen LogP contribution in [0.2, 0.25) is 10.0 Å². The van der Waals surface area contributed by atoms with Crippen LogP contribution in [-0.4, -0.2) is 50.3 Å². The van der Waals surface area contributed by atoms with Crippen LogP contribution in [0.15, 0.2) is 6.07 Å². The minimum atomic E-state index is -0.805. The molecule has 1 aromatic carbocycles. The molecular formula is C22H32Cl2N2O5. The number of benzene rings is 1. The summed E-state index contributed by atoms with van der Waals surface area (Å²) in [6.07, 6.45) is 7.66. The molecule has 0 spiro atoms. The average molecular weight is 475 g/mol. The van der Waals surface area contributed by atoms with E-state index >= 15 is 0 Å². The molecule has 1 atom stereocenters. The first-order chi connectivity index (χ1) is 14.9. The number of phenols is 1. The Labute approximate surface area is 193 Å². The Hall–Kier alpha value is -1.70. The second-order valence-corrected chi connectivity index (χ2v) is 8.63. The number of nitrogens with one attached hydrogen (secondary N) is 2. The number of carbonyl (C=O) groups excluding carboxylic acids is 2. The van der Waals surface area contributed by atoms with Crippen LogP contribution in [0.3, 0.4) is 0 Å². The first kappa shape index (κ1) is 25.6. The molecule has 0 aliphatic heterocycles. The topological polar surface area (TPSA) is 96.9 Å². The number of phenolic OH excluding ortho intramolecular Hbond substituents is 1. The van der Waals surface area contributed by atoms with Crippen molar-refractivity contribution in [2.75, 3.05) is 27.3 Å². The summed E-state index contributed by atoms with van der Waals surface area (Å²) in [7, 11) is 3.16. The lowest BCUT2D eigenvalue weighted by atomic mass is 9.84. The molecule has 1 aromatic rings. The lowest BCUT2D eigenvalue weighted by Gasteiger charge is -2.26. The van der Waals surface area contributed by atoms with Crippen molar-refractivity contribution in [1.29, 1.82) is 0 Å². The predicted molar refractivity (Wildman–Crippen MR) is 121 cm³/mol. The van der Waals surface area contributed by atoms with E-state index in [0.717, 1.165) is 45.1 Å². The highest BCUT2D eigenvalue weighted by Gasteiger charge is 2.29. The number of aromatic hydroxyl groups is 1. The molecule has 0 aromatic heterocycles. The van der Waals surface area contributed by atoms with E-state index in [2.05, 4.69) is 10.6 Å². The summed E-state index contributed by atoms with van der Waals surface area (Å²) in [5.74, 6) is -1.12. The molecule has 1 aliphatic rings. The zero-order valence-electron chi connectivity index (χ0n) is 18.1. The summed E-state index contributed by atoms with van der Waals surface area (Å²) < 4.78 is 10.5. The van der Waals surface area contributed by atoms with Crippen molar-refractivity contribution < 1.29 is 24.2 Å². The molecule has 0 heterocycles. The number of esters is 1. The van der Waals surface area contributed by atoms with E-state index in [-0.39, 0.29) is 21.4 Å². The zero-order chi connectivity index (χ0) is 22.8. The molecule has 0 saturated heterocycles. The monoisotopic (exact) mass is 474 g/mol. The van der Waals surface area contributed by atoms with E-state index in [1.54, 1.807) is 0 Å². The van der Waals surface area contributed by atoms with Crippen LogP contribution in [0.5, 0.6) is 11.5 Å². The lowest BCUT2D eigenvalue weighted by molar-refractivity contribution is -0.143. The van der Waals surface area contributed by atoms with E-state index in [9.17, 15) is 14.7 Å². The Morgan fingerprint density at radius 1 is 1.23 bits per heavy atom. The summed E-state index contributed by atoms with van der Waals surface area (Å²) >= 11 is 12.5. The number of carbonyl (C=O) groups is 2. The van der Waals surface area contributed by atoms with Crippen LogP contribution >= 0.6 is 23.2 Å². The summed E-state index contributed by atoms with van der Waals surface area (Å²) in [6.45, 7) is 1.23. The van der Waals surface area contributed by atoms with Crippen LogP contribution in [0, 0.1) is 5.92 Å². The minimum absolute atomic E-state index is 0.114. The van der Waals surface area contributed by atoms with Gasteiger partial charge in [0, 0.05) is 0 Å². The number of unbranched alkanes of at least 4 members (excludes halogenated alkanes) is 1. The van der Waals surface area contributed by atoms with E-state index in [0.29, 0.717) is 18.9 Å². The zero-order valence-corrected chi connectivity index (χ0v) is 19.7. The molecule has 1 aliphatic carbocycles. The quantitative estimate of drug-likeness (QED) is 0.326. The van der Waals surface area contributed by atoms with Crippen molar-refractivity contribution in [2.45, 2.75) is 57.4 Å². The van der Waals surface area contributed by atoms with Gasteiger partial charge in [0.15, 0.2) is 11.5 Å². The van der Waals surface area contributed by atoms with Gasteiger partial charge in [0.25, 0.3) is 5.91 Å². The predicted octanol–water partition coefficient (Wildman–Crippen LogP) is 4.32. The second kappa shape index (κ2) is 13.0. The number of amides is 1. The maximum absolute atomic E-state index is 12.8. The summed E-state index contributed by atoms with van der Waals surface area (Å²) in [4.78, 5) is 25.1. The van der Waals surface area contributed by atoms with Crippen LogP contribution in [0.4, 0.5) is 0 Å². The number of hydrogen-bond donors (Lipinski definition) is 3. The average Bonchev–Trinajstić information content (AvgIpc) is 2.77. The first-order valence-corrected chi connectivity index (χ1v) is 11.5. The van der Waals surface area contributed by atoms with Crippen molar-refractivity contribution in [3.8, 4) is 11.5 Å². The largest absolute Gasteiger partial charge is 0.505 e. The fourth-order valence-corrected chi connectivity index (χ4v) is 4.39. The van der Waals surface area contributed by atoms with Crippen molar-refractivity contribution >= 4 is 35.1 Å². The molecule has 3 N–H and O–H groups in total. The SMILES string of the molecule is CNCCCCOc1c(Cl)cc(C(=O)N[C@@H](CC2CCCCC2)C(=O)OC)c(O)c1Cl. The molecule has 9 heteroatoms. The van der Waals surface area contributed by atoms with Gasteiger partial charge in [0.05, 0.1) is 24.3 Å². The fourth-order valence-electron chi connectivity index (χ4n) is 3.82. The normalized spacial score (nSPS) is 15.4. The Morgan fingerprint density at radius 3 is 2.58 bits per heavy atom. The third-order valence-electron chi connectivity index (χ3n) is 5.55. The Balaban J connectivity index is 2.10. The number of rotatable bonds is 11. The molecule has 1 amide bonds. The highest BCUT2D eigenvalue weighted by molar-refractivity contribution is 6.39. The van der Waals surface area contributed by atoms with Gasteiger partial charge in [0.1, 0.15) is 11.1 Å². The molecule has 0 bridgehead atoms. The number of methoxy groups -OCH3 is 1. The van der Waals surface area contributed by atoms with Crippen molar-refractivity contribution in [2.24, 2.45) is 5.92 Å². The lowest BCUT2D eigenvalue weighted by Crippen LogP contribution is -2.43. The number of halogens is 2. The van der Waals surface area contributed by atoms with Crippen LogP contribution < -0.4 is 15.4 Å². The summed E-state index contributed by atoms with van der Waals surface area (Å²) in [6, 6.07) is 0.497. The van der Waals surface area contributed by atoms with Gasteiger partial charge in [-0.05, 0) is 44.8 Å². The molecule has 1 fully saturated rings. The van der Waals surface area contributed by atoms with Gasteiger partial charge in [-0.2, -0.15) is 0 Å². The van der Waals surface area contributed by atoms with Crippen LogP contribution in [0.1, 0.15) is 61.7 Å². The minimum Gasteiger partial charge on any atom is -0.505 e. The van der Waals surface area contributed by atoms with Gasteiger partial charge in [-0.1, -0.05) is 55.3 Å². The highest BCUT2D eigenvalue weighted by atomic mass is 35.5. The van der Waals surface area contributed by atoms with Gasteiger partial charge in [-0.3, -0.25) is 4.79 Å². The Morgan fingerprint density at radius 2 is 1.94 bits per heavy atom. The fraction of sp³-hybridized carbons (Fsp3) is 0.636. The van der Waals surface area contributed by atoms with Gasteiger partial charge < -0.3 is 25.2 Å². The third-order valence-corrected chi connectivity index (χ3v) is 6.18. The van der Waals surface area contributed by atoms with Gasteiger partial charge in [0.2, 0.25) is 0 Å². The maximum atomic E-state index is 12.8. The standard InChI is InChI=1S/C22H32Cl2N2O5/c1-25-10-6-7-11-31-20-16(23)13-15(19(27)18(20)24)21(28)26-17(22(29)30-2)12-14-8-4-3-5-9-14/h13-14,17,25,27H,3-12H2,1-2H3,(H,26,28)/t17-/m0/s1. The van der Waals surface area contributed by atoms with Crippen molar-refractivity contribution in [1.82, 2.24) is 10.6 Å². The van der Waals surface area contributed by atoms with Gasteiger partial charge >= 0.3 is 5.97 Å². The van der Waals surface area contributed by atoms with Crippen molar-refractivity contribution in [3.63, 3.8) is 0 Å². The molecule has 0 radical (unpaired) electrons. The molecule has 0 unspecified atom stereocenters. The Bertz CT molecular complexity index is 754. The van der Waals surface area contributed by atoms with E-state index in [1.807, 2.05) is 7.05 Å². The van der Waals surface area contributed by atoms with E-state index in [1.165, 1.54) is 19.6 Å². The molecule has 174 valence electrons. The summed E-state index contributed by atoms with van der Waals surface area (Å²) in [5, 5.41) is 16.2. The van der Waals surface area contributed by atoms with Crippen LogP contribution in [0.25, 0.3) is 0 Å². The number of ether oxygens (including phenoxy) is 2. The first-order valence-electron chi connectivity index (χ1n) is 10.8. The maximum Gasteiger partial charge on any atom is 0.328 e. The number of hydrogen-bond acceptors (Lipinski definition) is 6. The molecule has 2 rings (SSSR count). The second-order valence-electron chi connectivity index (χ2n) is 7.85. The van der Waals surface area contributed by atoms with E-state index < -0.39 is 23.7 Å². The van der Waals surface area contributed by atoms with Gasteiger partial charge in [-0.25, -0.2) is 4.79 Å². The highest BCUT2D eigenvalue weighted by Crippen LogP contribution is 2.42. The third kappa shape index (κ3) is 7.44. The Kier molecular flexibility index (Phi) is 10.7. The van der Waals surface area contributed by atoms with E-state index in [4.69, 9.17) is 32.7 Å². The van der Waals surface area contributed by atoms with Crippen LogP contribution in [-0.2, 0) is 9.53 Å². The summed E-state index contributed by atoms with van der Waals surface area (Å²) in [5.41, 5.74) is -0.116. The molecule has 7 nitrogen and oxygen atoms in total. The van der Waals surface area contributed by atoms with Gasteiger partial charge in [-0.15, -0.1) is 0 Å². The smallest absolute Gasteiger partial charge is 0.328 e. The molecule has 31 heavy (non-hydrogen) atoms. The van der Waals surface area contributed by atoms with Crippen molar-refractivity contribution in [3.05, 3.63) is 21.7 Å².